The highest BCUT2D eigenvalue weighted by Gasteiger charge is 2.17. The van der Waals surface area contributed by atoms with E-state index in [9.17, 15) is 5.11 Å². The number of aromatic hydroxyl groups is 1. The Kier molecular flexibility index (Phi) is 4.67. The molecule has 4 aromatic rings. The molecule has 3 N–H and O–H groups in total. The van der Waals surface area contributed by atoms with Gasteiger partial charge in [-0.3, -0.25) is 0 Å². The number of anilines is 1. The van der Waals surface area contributed by atoms with Crippen LogP contribution >= 0.6 is 0 Å². The van der Waals surface area contributed by atoms with E-state index in [4.69, 9.17) is 10.7 Å². The largest absolute Gasteiger partial charge is 0.508 e. The summed E-state index contributed by atoms with van der Waals surface area (Å²) in [5.74, 6) is 1.83. The Morgan fingerprint density at radius 2 is 1.89 bits per heavy atom. The van der Waals surface area contributed by atoms with Gasteiger partial charge >= 0.3 is 0 Å². The van der Waals surface area contributed by atoms with E-state index in [-0.39, 0.29) is 0 Å². The molecule has 5 heteroatoms. The van der Waals surface area contributed by atoms with Gasteiger partial charge in [0, 0.05) is 18.4 Å². The number of aromatic nitrogens is 3. The quantitative estimate of drug-likeness (QED) is 0.522. The number of nitrogen functional groups attached to an aromatic ring is 1. The summed E-state index contributed by atoms with van der Waals surface area (Å²) < 4.78 is 2.27. The molecule has 0 radical (unpaired) electrons. The van der Waals surface area contributed by atoms with Crippen LogP contribution in [0.1, 0.15) is 42.3 Å². The molecule has 0 aliphatic heterocycles. The van der Waals surface area contributed by atoms with E-state index in [2.05, 4.69) is 35.5 Å². The number of benzene rings is 2. The molecule has 5 nitrogen and oxygen atoms in total. The van der Waals surface area contributed by atoms with Gasteiger partial charge in [0.2, 0.25) is 0 Å². The average molecular weight is 374 g/mol. The van der Waals surface area contributed by atoms with Crippen molar-refractivity contribution in [2.45, 2.75) is 46.6 Å². The Morgan fingerprint density at radius 1 is 1.07 bits per heavy atom. The number of pyridine rings is 1. The first-order chi connectivity index (χ1) is 13.5. The minimum atomic E-state index is 0.319. The number of aryl methyl sites for hydroxylation is 3. The Hall–Kier alpha value is -3.08. The third-order valence-electron chi connectivity index (χ3n) is 5.29. The summed E-state index contributed by atoms with van der Waals surface area (Å²) in [5.41, 5.74) is 12.2. The van der Waals surface area contributed by atoms with Crippen LogP contribution in [-0.4, -0.2) is 19.6 Å². The first-order valence-corrected chi connectivity index (χ1v) is 9.81. The zero-order valence-electron chi connectivity index (χ0n) is 16.7. The van der Waals surface area contributed by atoms with E-state index < -0.39 is 0 Å². The second-order valence-electron chi connectivity index (χ2n) is 7.55. The van der Waals surface area contributed by atoms with Crippen LogP contribution in [0.5, 0.6) is 5.75 Å². The first kappa shape index (κ1) is 18.3. The number of phenols is 1. The molecule has 2 aromatic heterocycles. The molecule has 28 heavy (non-hydrogen) atoms. The number of phenolic OH excluding ortho intramolecular Hbond substituents is 1. The van der Waals surface area contributed by atoms with E-state index in [0.29, 0.717) is 18.1 Å². The van der Waals surface area contributed by atoms with Gasteiger partial charge in [0.15, 0.2) is 5.82 Å². The minimum absolute atomic E-state index is 0.319. The molecule has 2 aromatic carbocycles. The summed E-state index contributed by atoms with van der Waals surface area (Å²) in [4.78, 5) is 9.47. The van der Waals surface area contributed by atoms with Crippen molar-refractivity contribution in [3.8, 4) is 5.75 Å². The average Bonchev–Trinajstić information content (AvgIpc) is 3.03. The van der Waals surface area contributed by atoms with Crippen molar-refractivity contribution in [3.05, 3.63) is 58.9 Å². The zero-order chi connectivity index (χ0) is 19.8. The lowest BCUT2D eigenvalue weighted by atomic mass is 10.1. The lowest BCUT2D eigenvalue weighted by molar-refractivity contribution is 0.470. The summed E-state index contributed by atoms with van der Waals surface area (Å²) >= 11 is 0. The number of rotatable bonds is 5. The number of nitrogens with two attached hydrogens (primary N) is 1. The molecular weight excluding hydrogens is 348 g/mol. The van der Waals surface area contributed by atoms with Crippen molar-refractivity contribution in [1.82, 2.24) is 14.5 Å². The third kappa shape index (κ3) is 3.17. The van der Waals surface area contributed by atoms with Crippen LogP contribution in [0.2, 0.25) is 0 Å². The van der Waals surface area contributed by atoms with Gasteiger partial charge in [0.1, 0.15) is 17.1 Å². The highest BCUT2D eigenvalue weighted by molar-refractivity contribution is 6.06. The Balaban J connectivity index is 1.98. The van der Waals surface area contributed by atoms with E-state index in [1.165, 1.54) is 5.56 Å². The maximum Gasteiger partial charge on any atom is 0.152 e. The van der Waals surface area contributed by atoms with Gasteiger partial charge in [0.05, 0.1) is 11.0 Å². The molecular formula is C23H26N4O. The van der Waals surface area contributed by atoms with Crippen molar-refractivity contribution < 1.29 is 5.11 Å². The number of hydrogen-bond acceptors (Lipinski definition) is 4. The molecule has 0 unspecified atom stereocenters. The number of unbranched alkanes of at least 4 members (excludes halogenated alkanes) is 1. The van der Waals surface area contributed by atoms with Crippen molar-refractivity contribution in [1.29, 1.82) is 0 Å². The van der Waals surface area contributed by atoms with Gasteiger partial charge in [0.25, 0.3) is 0 Å². The number of nitrogens with zero attached hydrogens (tertiary/aromatic N) is 3. The smallest absolute Gasteiger partial charge is 0.152 e. The highest BCUT2D eigenvalue weighted by atomic mass is 16.3. The molecule has 4 rings (SSSR count). The van der Waals surface area contributed by atoms with Crippen LogP contribution in [0.3, 0.4) is 0 Å². The number of fused-ring (bicyclic) bond motifs is 3. The van der Waals surface area contributed by atoms with Crippen LogP contribution in [0.25, 0.3) is 21.9 Å². The fourth-order valence-electron chi connectivity index (χ4n) is 3.77. The van der Waals surface area contributed by atoms with Gasteiger partial charge in [-0.05, 0) is 49.6 Å². The second kappa shape index (κ2) is 7.15. The molecule has 0 atom stereocenters. The third-order valence-corrected chi connectivity index (χ3v) is 5.29. The van der Waals surface area contributed by atoms with Crippen LogP contribution in [0.15, 0.2) is 36.4 Å². The topological polar surface area (TPSA) is 77.0 Å². The normalized spacial score (nSPS) is 11.5. The fourth-order valence-corrected chi connectivity index (χ4v) is 3.77. The summed E-state index contributed by atoms with van der Waals surface area (Å²) in [6, 6.07) is 12.0. The van der Waals surface area contributed by atoms with Crippen molar-refractivity contribution in [2.75, 3.05) is 5.73 Å². The number of imidazole rings is 1. The fraction of sp³-hybridized carbons (Fsp3) is 0.304. The van der Waals surface area contributed by atoms with Gasteiger partial charge in [-0.25, -0.2) is 9.97 Å². The summed E-state index contributed by atoms with van der Waals surface area (Å²) in [5, 5.41) is 11.0. The van der Waals surface area contributed by atoms with E-state index in [0.717, 1.165) is 58.2 Å². The molecule has 0 saturated heterocycles. The molecule has 0 bridgehead atoms. The predicted octanol–water partition coefficient (Wildman–Crippen LogP) is 4.88. The second-order valence-corrected chi connectivity index (χ2v) is 7.55. The van der Waals surface area contributed by atoms with Crippen molar-refractivity contribution in [2.24, 2.45) is 0 Å². The molecule has 144 valence electrons. The lowest BCUT2D eigenvalue weighted by Crippen LogP contribution is -2.06. The van der Waals surface area contributed by atoms with Crippen molar-refractivity contribution >= 4 is 27.8 Å². The van der Waals surface area contributed by atoms with Crippen molar-refractivity contribution in [3.63, 3.8) is 0 Å². The molecule has 0 aliphatic rings. The Labute approximate surface area is 164 Å². The summed E-state index contributed by atoms with van der Waals surface area (Å²) in [7, 11) is 0. The van der Waals surface area contributed by atoms with Crippen LogP contribution in [0.4, 0.5) is 5.82 Å². The number of hydrogen-bond donors (Lipinski definition) is 2. The maximum absolute atomic E-state index is 9.88. The van der Waals surface area contributed by atoms with Crippen LogP contribution in [-0.2, 0) is 13.0 Å². The van der Waals surface area contributed by atoms with Crippen LogP contribution < -0.4 is 5.73 Å². The summed E-state index contributed by atoms with van der Waals surface area (Å²) in [6.07, 6.45) is 3.08. The van der Waals surface area contributed by atoms with Gasteiger partial charge in [-0.2, -0.15) is 0 Å². The highest BCUT2D eigenvalue weighted by Crippen LogP contribution is 2.31. The van der Waals surface area contributed by atoms with Gasteiger partial charge in [-0.1, -0.05) is 37.1 Å². The van der Waals surface area contributed by atoms with Gasteiger partial charge in [-0.15, -0.1) is 0 Å². The molecule has 2 heterocycles. The van der Waals surface area contributed by atoms with E-state index >= 15 is 0 Å². The SMILES string of the molecule is CCCCc1nc2c(N)nc3ccc(C)cc3c2n1Cc1ccc(O)c(C)c1. The van der Waals surface area contributed by atoms with Crippen LogP contribution in [0, 0.1) is 13.8 Å². The molecule has 0 saturated carbocycles. The lowest BCUT2D eigenvalue weighted by Gasteiger charge is -2.12. The Morgan fingerprint density at radius 3 is 2.64 bits per heavy atom. The molecule has 0 amide bonds. The maximum atomic E-state index is 9.88. The zero-order valence-corrected chi connectivity index (χ0v) is 16.7. The standard InChI is InChI=1S/C23H26N4O/c1-4-5-6-20-26-21-22(17-11-14(2)7-9-18(17)25-23(21)24)27(20)13-16-8-10-19(28)15(3)12-16/h7-12,28H,4-6,13H2,1-3H3,(H2,24,25). The van der Waals surface area contributed by atoms with E-state index in [1.54, 1.807) is 6.07 Å². The molecule has 0 spiro atoms. The Bertz CT molecular complexity index is 1180. The summed E-state index contributed by atoms with van der Waals surface area (Å²) in [6.45, 7) is 6.88. The van der Waals surface area contributed by atoms with E-state index in [1.807, 2.05) is 25.1 Å². The molecule has 0 fully saturated rings. The van der Waals surface area contributed by atoms with Gasteiger partial charge < -0.3 is 15.4 Å². The monoisotopic (exact) mass is 374 g/mol. The molecule has 0 aliphatic carbocycles. The predicted molar refractivity (Wildman–Crippen MR) is 115 cm³/mol. The first-order valence-electron chi connectivity index (χ1n) is 9.81. The minimum Gasteiger partial charge on any atom is -0.508 e.